The molecule has 8 heteroatoms. The number of esters is 1. The number of nitrogens with zero attached hydrogens (tertiary/aromatic N) is 2. The molecule has 1 saturated heterocycles. The first-order chi connectivity index (χ1) is 17.7. The Hall–Kier alpha value is -1.32. The molecule has 0 radical (unpaired) electrons. The van der Waals surface area contributed by atoms with E-state index in [2.05, 4.69) is 18.0 Å². The first kappa shape index (κ1) is 25.9. The van der Waals surface area contributed by atoms with Crippen molar-refractivity contribution in [1.82, 2.24) is 4.90 Å². The third-order valence-corrected chi connectivity index (χ3v) is 11.6. The number of morpholine rings is 1. The summed E-state index contributed by atoms with van der Waals surface area (Å²) in [4.78, 5) is 19.2. The molecule has 4 aliphatic carbocycles. The second-order valence-electron chi connectivity index (χ2n) is 13.0. The molecule has 37 heavy (non-hydrogen) atoms. The molecule has 2 aliphatic heterocycles. The summed E-state index contributed by atoms with van der Waals surface area (Å²) in [5.41, 5.74) is -1.65. The molecule has 8 atom stereocenters. The highest BCUT2D eigenvalue weighted by Crippen LogP contribution is 2.70. The fourth-order valence-electron chi connectivity index (χ4n) is 9.61. The number of aliphatic hydroxyl groups is 3. The van der Waals surface area contributed by atoms with Crippen LogP contribution in [0.25, 0.3) is 0 Å². The van der Waals surface area contributed by atoms with Gasteiger partial charge in [0.15, 0.2) is 0 Å². The average Bonchev–Trinajstić information content (AvgIpc) is 3.42. The first-order valence-electron chi connectivity index (χ1n) is 14.5. The lowest BCUT2D eigenvalue weighted by molar-refractivity contribution is -0.237. The fourth-order valence-corrected chi connectivity index (χ4v) is 9.61. The summed E-state index contributed by atoms with van der Waals surface area (Å²) in [5.74, 6) is 0.0738. The highest BCUT2D eigenvalue weighted by atomic mass is 16.5. The number of aliphatic hydroxyl groups excluding tert-OH is 1. The van der Waals surface area contributed by atoms with Gasteiger partial charge >= 0.3 is 5.97 Å². The number of carbonyl (C=O) groups is 1. The molecular formula is C29H44N2O6. The predicted molar refractivity (Wildman–Crippen MR) is 138 cm³/mol. The van der Waals surface area contributed by atoms with Crippen molar-refractivity contribution in [3.63, 3.8) is 0 Å². The minimum atomic E-state index is -0.995. The van der Waals surface area contributed by atoms with Gasteiger partial charge in [0.1, 0.15) is 6.61 Å². The van der Waals surface area contributed by atoms with E-state index in [1.54, 1.807) is 6.08 Å². The van der Waals surface area contributed by atoms with Crippen molar-refractivity contribution in [2.45, 2.75) is 82.0 Å². The van der Waals surface area contributed by atoms with Crippen LogP contribution in [0.15, 0.2) is 16.6 Å². The van der Waals surface area contributed by atoms with Crippen molar-refractivity contribution in [3.8, 4) is 0 Å². The third kappa shape index (κ3) is 3.96. The molecule has 0 aromatic heterocycles. The highest BCUT2D eigenvalue weighted by molar-refractivity contribution is 5.85. The normalized spacial score (nSPS) is 48.3. The molecule has 8 nitrogen and oxygen atoms in total. The van der Waals surface area contributed by atoms with Crippen molar-refractivity contribution in [1.29, 1.82) is 0 Å². The van der Waals surface area contributed by atoms with Crippen molar-refractivity contribution >= 4 is 12.2 Å². The van der Waals surface area contributed by atoms with Gasteiger partial charge in [0.2, 0.25) is 0 Å². The van der Waals surface area contributed by atoms with Crippen LogP contribution in [0.1, 0.15) is 64.7 Å². The SMILES string of the molecule is C[C@@]12CC[C@H]3[C@@H](CC[C@]4(O)C[C@H](O)CC[C@]34C=NCCN3CCOCC3)[C@]1(O)CC[C@@H]2C1=CC(=O)OC1. The van der Waals surface area contributed by atoms with Crippen LogP contribution in [0.5, 0.6) is 0 Å². The summed E-state index contributed by atoms with van der Waals surface area (Å²) in [7, 11) is 0. The number of hydrogen-bond donors (Lipinski definition) is 3. The van der Waals surface area contributed by atoms with Gasteiger partial charge in [0, 0.05) is 49.2 Å². The molecule has 0 unspecified atom stereocenters. The van der Waals surface area contributed by atoms with E-state index in [0.29, 0.717) is 45.3 Å². The maximum atomic E-state index is 12.5. The molecule has 0 bridgehead atoms. The maximum absolute atomic E-state index is 12.5. The lowest BCUT2D eigenvalue weighted by Crippen LogP contribution is -2.68. The number of carbonyl (C=O) groups excluding carboxylic acids is 1. The molecule has 6 aliphatic rings. The van der Waals surface area contributed by atoms with E-state index < -0.39 is 22.7 Å². The largest absolute Gasteiger partial charge is 0.458 e. The van der Waals surface area contributed by atoms with Crippen molar-refractivity contribution < 1.29 is 29.6 Å². The number of hydrogen-bond acceptors (Lipinski definition) is 8. The summed E-state index contributed by atoms with van der Waals surface area (Å²) in [6.45, 7) is 7.53. The van der Waals surface area contributed by atoms with E-state index >= 15 is 0 Å². The number of rotatable bonds is 5. The molecule has 0 aromatic rings. The Labute approximate surface area is 220 Å². The Balaban J connectivity index is 1.28. The van der Waals surface area contributed by atoms with Crippen LogP contribution in [-0.2, 0) is 14.3 Å². The van der Waals surface area contributed by atoms with Gasteiger partial charge in [0.05, 0.1) is 37.1 Å². The minimum Gasteiger partial charge on any atom is -0.458 e. The summed E-state index contributed by atoms with van der Waals surface area (Å²) < 4.78 is 10.7. The lowest BCUT2D eigenvalue weighted by atomic mass is 9.41. The van der Waals surface area contributed by atoms with E-state index in [1.807, 2.05) is 0 Å². The molecule has 2 heterocycles. The molecule has 0 aromatic carbocycles. The minimum absolute atomic E-state index is 0.0658. The van der Waals surface area contributed by atoms with Gasteiger partial charge in [-0.25, -0.2) is 4.79 Å². The Bertz CT molecular complexity index is 964. The molecule has 4 saturated carbocycles. The molecule has 206 valence electrons. The Morgan fingerprint density at radius 1 is 1.08 bits per heavy atom. The quantitative estimate of drug-likeness (QED) is 0.379. The highest BCUT2D eigenvalue weighted by Gasteiger charge is 2.71. The standard InChI is InChI=1S/C29H44N2O6/c1-26-6-3-23-24(29(26,35)9-5-22(26)20-16-25(33)37-18-20)4-8-28(34)17-21(32)2-7-27(23,28)19-30-10-11-31-12-14-36-15-13-31/h16,19,21-24,32,34-35H,2-15,17-18H2,1H3/t21-,22-,23+,24-,26+,27+,28+,29-/m1/s1. The van der Waals surface area contributed by atoms with Gasteiger partial charge in [-0.2, -0.15) is 0 Å². The second-order valence-corrected chi connectivity index (χ2v) is 13.0. The van der Waals surface area contributed by atoms with E-state index in [0.717, 1.165) is 64.1 Å². The number of cyclic esters (lactones) is 1. The van der Waals surface area contributed by atoms with Gasteiger partial charge < -0.3 is 24.8 Å². The molecule has 6 rings (SSSR count). The van der Waals surface area contributed by atoms with Crippen molar-refractivity contribution in [2.75, 3.05) is 46.0 Å². The zero-order valence-corrected chi connectivity index (χ0v) is 22.2. The van der Waals surface area contributed by atoms with E-state index in [1.165, 1.54) is 0 Å². The van der Waals surface area contributed by atoms with Gasteiger partial charge in [0.25, 0.3) is 0 Å². The van der Waals surface area contributed by atoms with Crippen LogP contribution in [0.4, 0.5) is 0 Å². The molecule has 0 spiro atoms. The Morgan fingerprint density at radius 3 is 2.62 bits per heavy atom. The van der Waals surface area contributed by atoms with Crippen LogP contribution < -0.4 is 0 Å². The molecule has 5 fully saturated rings. The zero-order valence-electron chi connectivity index (χ0n) is 22.2. The fraction of sp³-hybridized carbons (Fsp3) is 0.862. The number of aliphatic imine (C=N–C) groups is 1. The molecule has 3 N–H and O–H groups in total. The van der Waals surface area contributed by atoms with Gasteiger partial charge in [-0.3, -0.25) is 9.89 Å². The smallest absolute Gasteiger partial charge is 0.331 e. The van der Waals surface area contributed by atoms with Crippen molar-refractivity contribution in [3.05, 3.63) is 11.6 Å². The molecule has 0 amide bonds. The van der Waals surface area contributed by atoms with Gasteiger partial charge in [-0.15, -0.1) is 0 Å². The average molecular weight is 517 g/mol. The summed E-state index contributed by atoms with van der Waals surface area (Å²) >= 11 is 0. The van der Waals surface area contributed by atoms with Crippen LogP contribution >= 0.6 is 0 Å². The van der Waals surface area contributed by atoms with Crippen LogP contribution in [0.3, 0.4) is 0 Å². The molecular weight excluding hydrogens is 472 g/mol. The maximum Gasteiger partial charge on any atom is 0.331 e. The van der Waals surface area contributed by atoms with Gasteiger partial charge in [-0.1, -0.05) is 6.92 Å². The Morgan fingerprint density at radius 2 is 1.86 bits per heavy atom. The van der Waals surface area contributed by atoms with E-state index in [4.69, 9.17) is 14.5 Å². The van der Waals surface area contributed by atoms with Crippen molar-refractivity contribution in [2.24, 2.45) is 33.6 Å². The van der Waals surface area contributed by atoms with E-state index in [9.17, 15) is 20.1 Å². The van der Waals surface area contributed by atoms with Gasteiger partial charge in [-0.05, 0) is 74.7 Å². The summed E-state index contributed by atoms with van der Waals surface area (Å²) in [6.07, 6.45) is 9.65. The second kappa shape index (κ2) is 9.40. The Kier molecular flexibility index (Phi) is 6.59. The summed E-state index contributed by atoms with van der Waals surface area (Å²) in [5, 5.41) is 35.2. The topological polar surface area (TPSA) is 112 Å². The van der Waals surface area contributed by atoms with Crippen LogP contribution in [-0.4, -0.2) is 95.7 Å². The predicted octanol–water partition coefficient (Wildman–Crippen LogP) is 2.10. The van der Waals surface area contributed by atoms with Crippen LogP contribution in [0.2, 0.25) is 0 Å². The third-order valence-electron chi connectivity index (χ3n) is 11.6. The monoisotopic (exact) mass is 516 g/mol. The van der Waals surface area contributed by atoms with Crippen LogP contribution in [0, 0.1) is 28.6 Å². The zero-order chi connectivity index (χ0) is 25.9. The van der Waals surface area contributed by atoms with E-state index in [-0.39, 0.29) is 29.1 Å². The number of ether oxygens (including phenoxy) is 2. The first-order valence-corrected chi connectivity index (χ1v) is 14.5. The summed E-state index contributed by atoms with van der Waals surface area (Å²) in [6, 6.07) is 0. The lowest BCUT2D eigenvalue weighted by Gasteiger charge is -2.65. The number of fused-ring (bicyclic) bond motifs is 5.